The van der Waals surface area contributed by atoms with Crippen LogP contribution < -0.4 is 14.2 Å². The average Bonchev–Trinajstić information content (AvgIpc) is 2.77. The SMILES string of the molecule is CCCOc1ccc(S(=O)(=O)NCC2CCN(C(=O)Oc3ccccc3)CC2)cc1. The number of ether oxygens (including phenoxy) is 2. The van der Waals surface area contributed by atoms with E-state index < -0.39 is 10.0 Å². The molecule has 1 amide bonds. The summed E-state index contributed by atoms with van der Waals surface area (Å²) in [6, 6.07) is 15.4. The molecule has 0 atom stereocenters. The van der Waals surface area contributed by atoms with Crippen molar-refractivity contribution in [3.8, 4) is 11.5 Å². The lowest BCUT2D eigenvalue weighted by Crippen LogP contribution is -2.42. The Balaban J connectivity index is 1.45. The van der Waals surface area contributed by atoms with Crippen LogP contribution in [0.25, 0.3) is 0 Å². The number of benzene rings is 2. The quantitative estimate of drug-likeness (QED) is 0.688. The highest BCUT2D eigenvalue weighted by molar-refractivity contribution is 7.89. The summed E-state index contributed by atoms with van der Waals surface area (Å²) < 4.78 is 38.6. The van der Waals surface area contributed by atoms with Crippen molar-refractivity contribution in [2.24, 2.45) is 5.92 Å². The Bertz CT molecular complexity index is 908. The second-order valence-corrected chi connectivity index (χ2v) is 9.05. The molecule has 1 heterocycles. The van der Waals surface area contributed by atoms with Gasteiger partial charge in [0.05, 0.1) is 11.5 Å². The highest BCUT2D eigenvalue weighted by Gasteiger charge is 2.25. The molecule has 1 saturated heterocycles. The molecule has 1 fully saturated rings. The van der Waals surface area contributed by atoms with Crippen molar-refractivity contribution in [1.29, 1.82) is 0 Å². The van der Waals surface area contributed by atoms with E-state index in [-0.39, 0.29) is 16.9 Å². The summed E-state index contributed by atoms with van der Waals surface area (Å²) in [6.07, 6.45) is 1.96. The number of nitrogens with zero attached hydrogens (tertiary/aromatic N) is 1. The number of carbonyl (C=O) groups is 1. The number of carbonyl (C=O) groups excluding carboxylic acids is 1. The van der Waals surface area contributed by atoms with Crippen LogP contribution in [0, 0.1) is 5.92 Å². The largest absolute Gasteiger partial charge is 0.494 e. The van der Waals surface area contributed by atoms with E-state index in [0.717, 1.165) is 19.3 Å². The Kier molecular flexibility index (Phi) is 7.70. The van der Waals surface area contributed by atoms with Gasteiger partial charge < -0.3 is 14.4 Å². The third kappa shape index (κ3) is 6.21. The lowest BCUT2D eigenvalue weighted by Gasteiger charge is -2.31. The van der Waals surface area contributed by atoms with Crippen LogP contribution in [0.15, 0.2) is 59.5 Å². The first-order valence-corrected chi connectivity index (χ1v) is 11.7. The van der Waals surface area contributed by atoms with Gasteiger partial charge in [-0.2, -0.15) is 0 Å². The van der Waals surface area contributed by atoms with Gasteiger partial charge in [0.1, 0.15) is 11.5 Å². The molecule has 1 aliphatic rings. The molecule has 7 nitrogen and oxygen atoms in total. The number of para-hydroxylation sites is 1. The molecular formula is C22H28N2O5S. The molecule has 8 heteroatoms. The summed E-state index contributed by atoms with van der Waals surface area (Å²) >= 11 is 0. The van der Waals surface area contributed by atoms with Gasteiger partial charge in [0.2, 0.25) is 10.0 Å². The van der Waals surface area contributed by atoms with Crippen LogP contribution in [0.4, 0.5) is 4.79 Å². The monoisotopic (exact) mass is 432 g/mol. The number of nitrogens with one attached hydrogen (secondary N) is 1. The molecule has 2 aromatic rings. The molecule has 30 heavy (non-hydrogen) atoms. The first-order valence-electron chi connectivity index (χ1n) is 10.2. The number of hydrogen-bond acceptors (Lipinski definition) is 5. The molecule has 0 bridgehead atoms. The van der Waals surface area contributed by atoms with E-state index >= 15 is 0 Å². The molecule has 3 rings (SSSR count). The molecule has 0 saturated carbocycles. The second kappa shape index (κ2) is 10.4. The molecule has 0 spiro atoms. The summed E-state index contributed by atoms with van der Waals surface area (Å²) in [5.41, 5.74) is 0. The Morgan fingerprint density at radius 2 is 1.70 bits per heavy atom. The van der Waals surface area contributed by atoms with Gasteiger partial charge in [0.15, 0.2) is 0 Å². The van der Waals surface area contributed by atoms with Crippen LogP contribution >= 0.6 is 0 Å². The van der Waals surface area contributed by atoms with E-state index in [9.17, 15) is 13.2 Å². The van der Waals surface area contributed by atoms with Crippen molar-refractivity contribution < 1.29 is 22.7 Å². The van der Waals surface area contributed by atoms with E-state index in [1.165, 1.54) is 0 Å². The fraction of sp³-hybridized carbons (Fsp3) is 0.409. The topological polar surface area (TPSA) is 84.9 Å². The maximum Gasteiger partial charge on any atom is 0.415 e. The summed E-state index contributed by atoms with van der Waals surface area (Å²) in [7, 11) is -3.58. The first-order chi connectivity index (χ1) is 14.5. The predicted molar refractivity (Wildman–Crippen MR) is 114 cm³/mol. The maximum atomic E-state index is 12.5. The first kappa shape index (κ1) is 22.1. The second-order valence-electron chi connectivity index (χ2n) is 7.28. The van der Waals surface area contributed by atoms with Gasteiger partial charge >= 0.3 is 6.09 Å². The minimum Gasteiger partial charge on any atom is -0.494 e. The Hall–Kier alpha value is -2.58. The Morgan fingerprint density at radius 1 is 1.03 bits per heavy atom. The van der Waals surface area contributed by atoms with Crippen molar-refractivity contribution in [2.75, 3.05) is 26.2 Å². The molecule has 0 aliphatic carbocycles. The summed E-state index contributed by atoms with van der Waals surface area (Å²) in [5, 5.41) is 0. The molecule has 2 aromatic carbocycles. The van der Waals surface area contributed by atoms with E-state index in [1.54, 1.807) is 41.3 Å². The lowest BCUT2D eigenvalue weighted by molar-refractivity contribution is 0.131. The zero-order valence-electron chi connectivity index (χ0n) is 17.1. The van der Waals surface area contributed by atoms with Crippen molar-refractivity contribution in [2.45, 2.75) is 31.1 Å². The maximum absolute atomic E-state index is 12.5. The van der Waals surface area contributed by atoms with E-state index in [4.69, 9.17) is 9.47 Å². The standard InChI is InChI=1S/C22H28N2O5S/c1-2-16-28-19-8-10-21(11-9-19)30(26,27)23-17-18-12-14-24(15-13-18)22(25)29-20-6-4-3-5-7-20/h3-11,18,23H,2,12-17H2,1H3. The van der Waals surface area contributed by atoms with Gasteiger partial charge in [-0.1, -0.05) is 25.1 Å². The molecule has 0 unspecified atom stereocenters. The third-order valence-electron chi connectivity index (χ3n) is 4.99. The van der Waals surface area contributed by atoms with Gasteiger partial charge in [0, 0.05) is 19.6 Å². The Labute approximate surface area is 178 Å². The highest BCUT2D eigenvalue weighted by atomic mass is 32.2. The summed E-state index contributed by atoms with van der Waals surface area (Å²) in [4.78, 5) is 14.1. The fourth-order valence-electron chi connectivity index (χ4n) is 3.22. The van der Waals surface area contributed by atoms with Crippen molar-refractivity contribution >= 4 is 16.1 Å². The minimum atomic E-state index is -3.58. The van der Waals surface area contributed by atoms with Crippen molar-refractivity contribution in [1.82, 2.24) is 9.62 Å². The van der Waals surface area contributed by atoms with Gasteiger partial charge in [0.25, 0.3) is 0 Å². The molecule has 1 aliphatic heterocycles. The highest BCUT2D eigenvalue weighted by Crippen LogP contribution is 2.20. The van der Waals surface area contributed by atoms with E-state index in [2.05, 4.69) is 4.72 Å². The summed E-state index contributed by atoms with van der Waals surface area (Å²) in [5.74, 6) is 1.35. The van der Waals surface area contributed by atoms with E-state index in [1.807, 2.05) is 25.1 Å². The van der Waals surface area contributed by atoms with Gasteiger partial charge in [-0.25, -0.2) is 17.9 Å². The molecule has 162 valence electrons. The number of likely N-dealkylation sites (tertiary alicyclic amines) is 1. The average molecular weight is 433 g/mol. The number of sulfonamides is 1. The fourth-order valence-corrected chi connectivity index (χ4v) is 4.34. The van der Waals surface area contributed by atoms with Crippen LogP contribution in [0.3, 0.4) is 0 Å². The van der Waals surface area contributed by atoms with Gasteiger partial charge in [-0.05, 0) is 61.6 Å². The van der Waals surface area contributed by atoms with Crippen molar-refractivity contribution in [3.63, 3.8) is 0 Å². The predicted octanol–water partition coefficient (Wildman–Crippen LogP) is 3.66. The van der Waals surface area contributed by atoms with E-state index in [0.29, 0.717) is 37.7 Å². The normalized spacial score (nSPS) is 15.0. The number of hydrogen-bond donors (Lipinski definition) is 1. The minimum absolute atomic E-state index is 0.174. The van der Waals surface area contributed by atoms with Crippen LogP contribution in [-0.2, 0) is 10.0 Å². The smallest absolute Gasteiger partial charge is 0.415 e. The van der Waals surface area contributed by atoms with Crippen LogP contribution in [0.1, 0.15) is 26.2 Å². The lowest BCUT2D eigenvalue weighted by atomic mass is 9.97. The van der Waals surface area contributed by atoms with Crippen LogP contribution in [0.5, 0.6) is 11.5 Å². The molecule has 1 N–H and O–H groups in total. The molecule has 0 aromatic heterocycles. The zero-order valence-corrected chi connectivity index (χ0v) is 17.9. The molecular weight excluding hydrogens is 404 g/mol. The van der Waals surface area contributed by atoms with Gasteiger partial charge in [-0.15, -0.1) is 0 Å². The Morgan fingerprint density at radius 3 is 2.33 bits per heavy atom. The van der Waals surface area contributed by atoms with Crippen LogP contribution in [0.2, 0.25) is 0 Å². The number of piperidine rings is 1. The van der Waals surface area contributed by atoms with Gasteiger partial charge in [-0.3, -0.25) is 0 Å². The summed E-state index contributed by atoms with van der Waals surface area (Å²) in [6.45, 7) is 4.04. The third-order valence-corrected chi connectivity index (χ3v) is 6.43. The molecule has 0 radical (unpaired) electrons. The number of rotatable bonds is 8. The van der Waals surface area contributed by atoms with Crippen molar-refractivity contribution in [3.05, 3.63) is 54.6 Å². The van der Waals surface area contributed by atoms with Crippen LogP contribution in [-0.4, -0.2) is 45.7 Å². The number of amides is 1. The zero-order chi connectivity index (χ0) is 21.4.